The molecule has 1 aliphatic rings. The third-order valence-corrected chi connectivity index (χ3v) is 2.42. The highest BCUT2D eigenvalue weighted by molar-refractivity contribution is 5.28. The second-order valence-corrected chi connectivity index (χ2v) is 3.53. The van der Waals surface area contributed by atoms with Crippen molar-refractivity contribution in [1.82, 2.24) is 0 Å². The van der Waals surface area contributed by atoms with E-state index in [1.807, 2.05) is 6.08 Å². The Bertz CT molecular complexity index is 376. The van der Waals surface area contributed by atoms with Crippen LogP contribution in [0.5, 0.6) is 0 Å². The molecule has 0 aromatic heterocycles. The minimum atomic E-state index is 1.14. The fourth-order valence-electron chi connectivity index (χ4n) is 1.65. The first-order valence-electron chi connectivity index (χ1n) is 5.11. The maximum atomic E-state index is 3.22. The lowest BCUT2D eigenvalue weighted by Crippen LogP contribution is -1.85. The lowest BCUT2D eigenvalue weighted by Gasteiger charge is -2.00. The molecule has 0 saturated heterocycles. The molecule has 0 atom stereocenters. The summed E-state index contributed by atoms with van der Waals surface area (Å²) in [4.78, 5) is 0. The average molecular weight is 182 g/mol. The molecule has 0 heterocycles. The Labute approximate surface area is 85.3 Å². The summed E-state index contributed by atoms with van der Waals surface area (Å²) in [5.74, 6) is 0. The second-order valence-electron chi connectivity index (χ2n) is 3.53. The maximum Gasteiger partial charge on any atom is -0.00600 e. The van der Waals surface area contributed by atoms with Crippen molar-refractivity contribution in [2.75, 3.05) is 0 Å². The monoisotopic (exact) mass is 182 g/mol. The van der Waals surface area contributed by atoms with Gasteiger partial charge in [-0.05, 0) is 36.5 Å². The Morgan fingerprint density at radius 3 is 2.57 bits per heavy atom. The molecule has 0 unspecified atom stereocenters. The molecule has 1 aliphatic carbocycles. The van der Waals surface area contributed by atoms with Gasteiger partial charge in [0, 0.05) is 0 Å². The van der Waals surface area contributed by atoms with E-state index in [0.717, 1.165) is 6.42 Å². The van der Waals surface area contributed by atoms with Gasteiger partial charge >= 0.3 is 0 Å². The Hall–Kier alpha value is -1.52. The van der Waals surface area contributed by atoms with E-state index >= 15 is 0 Å². The molecule has 0 nitrogen and oxygen atoms in total. The molecule has 2 rings (SSSR count). The van der Waals surface area contributed by atoms with Crippen molar-refractivity contribution in [2.24, 2.45) is 0 Å². The lowest BCUT2D eigenvalue weighted by atomic mass is 10.1. The molecule has 70 valence electrons. The van der Waals surface area contributed by atoms with Gasteiger partial charge in [0.15, 0.2) is 0 Å². The topological polar surface area (TPSA) is 0 Å². The van der Waals surface area contributed by atoms with Crippen LogP contribution < -0.4 is 0 Å². The van der Waals surface area contributed by atoms with Crippen molar-refractivity contribution in [1.29, 1.82) is 0 Å². The summed E-state index contributed by atoms with van der Waals surface area (Å²) in [7, 11) is 0. The molecule has 0 aliphatic heterocycles. The lowest BCUT2D eigenvalue weighted by molar-refractivity contribution is 0.826. The quantitative estimate of drug-likeness (QED) is 0.623. The SMILES string of the molecule is C1=CC=CC=1CCCc1ccccc1. The Kier molecular flexibility index (Phi) is 3.00. The molecule has 1 aromatic carbocycles. The second kappa shape index (κ2) is 4.64. The summed E-state index contributed by atoms with van der Waals surface area (Å²) in [5.41, 5.74) is 5.99. The molecule has 0 N–H and O–H groups in total. The molecule has 14 heavy (non-hydrogen) atoms. The van der Waals surface area contributed by atoms with Gasteiger partial charge in [0.05, 0.1) is 0 Å². The van der Waals surface area contributed by atoms with Crippen molar-refractivity contribution in [3.8, 4) is 0 Å². The number of allylic oxidation sites excluding steroid dienone is 3. The van der Waals surface area contributed by atoms with Crippen LogP contribution in [0.25, 0.3) is 0 Å². The Morgan fingerprint density at radius 1 is 1.00 bits per heavy atom. The normalized spacial score (nSPS) is 13.3. The van der Waals surface area contributed by atoms with E-state index in [1.165, 1.54) is 24.0 Å². The van der Waals surface area contributed by atoms with E-state index in [4.69, 9.17) is 0 Å². The molecule has 0 bridgehead atoms. The predicted octanol–water partition coefficient (Wildman–Crippen LogP) is 3.66. The maximum absolute atomic E-state index is 3.22. The van der Waals surface area contributed by atoms with Crippen LogP contribution in [0.4, 0.5) is 0 Å². The molecular formula is C14H14. The molecule has 0 amide bonds. The fourth-order valence-corrected chi connectivity index (χ4v) is 1.65. The van der Waals surface area contributed by atoms with Crippen LogP contribution in [0.15, 0.2) is 59.9 Å². The zero-order valence-electron chi connectivity index (χ0n) is 8.24. The van der Waals surface area contributed by atoms with Crippen LogP contribution in [-0.2, 0) is 6.42 Å². The van der Waals surface area contributed by atoms with Gasteiger partial charge in [-0.15, -0.1) is 5.73 Å². The van der Waals surface area contributed by atoms with E-state index in [9.17, 15) is 0 Å². The largest absolute Gasteiger partial charge is 0.117 e. The number of aryl methyl sites for hydroxylation is 1. The van der Waals surface area contributed by atoms with Crippen LogP contribution in [-0.4, -0.2) is 0 Å². The minimum absolute atomic E-state index is 1.14. The van der Waals surface area contributed by atoms with Crippen LogP contribution in [0.1, 0.15) is 18.4 Å². The Balaban J connectivity index is 1.79. The minimum Gasteiger partial charge on any atom is -0.117 e. The van der Waals surface area contributed by atoms with Gasteiger partial charge in [-0.25, -0.2) is 0 Å². The highest BCUT2D eigenvalue weighted by Gasteiger charge is 1.96. The molecule has 0 radical (unpaired) electrons. The van der Waals surface area contributed by atoms with Gasteiger partial charge in [-0.2, -0.15) is 0 Å². The summed E-state index contributed by atoms with van der Waals surface area (Å²) < 4.78 is 0. The Morgan fingerprint density at radius 2 is 1.86 bits per heavy atom. The summed E-state index contributed by atoms with van der Waals surface area (Å²) in [6.07, 6.45) is 9.70. The fraction of sp³-hybridized carbons (Fsp3) is 0.214. The number of benzene rings is 1. The van der Waals surface area contributed by atoms with Crippen LogP contribution in [0.2, 0.25) is 0 Å². The van der Waals surface area contributed by atoms with E-state index in [0.29, 0.717) is 0 Å². The van der Waals surface area contributed by atoms with Crippen molar-refractivity contribution in [2.45, 2.75) is 19.3 Å². The van der Waals surface area contributed by atoms with E-state index in [1.54, 1.807) is 0 Å². The van der Waals surface area contributed by atoms with E-state index in [2.05, 4.69) is 48.2 Å². The molecule has 0 fully saturated rings. The summed E-state index contributed by atoms with van der Waals surface area (Å²) >= 11 is 0. The molecular weight excluding hydrogens is 168 g/mol. The average Bonchev–Trinajstić information content (AvgIpc) is 2.72. The zero-order valence-corrected chi connectivity index (χ0v) is 8.24. The molecule has 0 spiro atoms. The third-order valence-electron chi connectivity index (χ3n) is 2.42. The first kappa shape index (κ1) is 9.05. The van der Waals surface area contributed by atoms with Gasteiger partial charge in [-0.3, -0.25) is 0 Å². The molecule has 0 heteroatoms. The number of hydrogen-bond acceptors (Lipinski definition) is 0. The van der Waals surface area contributed by atoms with Crippen LogP contribution in [0, 0.1) is 0 Å². The standard InChI is InChI=1S/C14H14/c1-2-7-13(8-3-1)11-6-12-14-9-4-5-10-14/h1-5,7-9H,6,11-12H2. The number of hydrogen-bond donors (Lipinski definition) is 0. The summed E-state index contributed by atoms with van der Waals surface area (Å²) in [5, 5.41) is 0. The van der Waals surface area contributed by atoms with Gasteiger partial charge in [-0.1, -0.05) is 42.5 Å². The van der Waals surface area contributed by atoms with Crippen molar-refractivity contribution < 1.29 is 0 Å². The van der Waals surface area contributed by atoms with Crippen LogP contribution >= 0.6 is 0 Å². The van der Waals surface area contributed by atoms with Crippen molar-refractivity contribution in [3.63, 3.8) is 0 Å². The zero-order chi connectivity index (χ0) is 9.64. The van der Waals surface area contributed by atoms with E-state index < -0.39 is 0 Å². The third kappa shape index (κ3) is 2.48. The highest BCUT2D eigenvalue weighted by Crippen LogP contribution is 2.12. The summed E-state index contributed by atoms with van der Waals surface area (Å²) in [6, 6.07) is 10.6. The predicted molar refractivity (Wildman–Crippen MR) is 60.1 cm³/mol. The first-order valence-corrected chi connectivity index (χ1v) is 5.11. The van der Waals surface area contributed by atoms with Crippen molar-refractivity contribution in [3.05, 3.63) is 65.4 Å². The van der Waals surface area contributed by atoms with Crippen LogP contribution in [0.3, 0.4) is 0 Å². The summed E-state index contributed by atoms with van der Waals surface area (Å²) in [6.45, 7) is 0. The smallest absolute Gasteiger partial charge is 0.00600 e. The molecule has 1 aromatic rings. The van der Waals surface area contributed by atoms with Gasteiger partial charge in [0.1, 0.15) is 0 Å². The highest BCUT2D eigenvalue weighted by atomic mass is 14.0. The molecule has 0 saturated carbocycles. The number of rotatable bonds is 4. The van der Waals surface area contributed by atoms with Gasteiger partial charge < -0.3 is 0 Å². The van der Waals surface area contributed by atoms with Crippen molar-refractivity contribution >= 4 is 0 Å². The van der Waals surface area contributed by atoms with Gasteiger partial charge in [0.2, 0.25) is 0 Å². The van der Waals surface area contributed by atoms with Gasteiger partial charge in [0.25, 0.3) is 0 Å². The first-order chi connectivity index (χ1) is 6.95. The van der Waals surface area contributed by atoms with E-state index in [-0.39, 0.29) is 0 Å².